The quantitative estimate of drug-likeness (QED) is 0.339. The van der Waals surface area contributed by atoms with E-state index in [0.29, 0.717) is 47.6 Å². The summed E-state index contributed by atoms with van der Waals surface area (Å²) in [5.74, 6) is 1.05. The monoisotopic (exact) mass is 480 g/mol. The van der Waals surface area contributed by atoms with Crippen LogP contribution in [0.3, 0.4) is 0 Å². The Labute approximate surface area is 195 Å². The number of halogens is 3. The predicted molar refractivity (Wildman–Crippen MR) is 122 cm³/mol. The molecule has 1 aliphatic rings. The zero-order valence-corrected chi connectivity index (χ0v) is 19.5. The molecule has 0 fully saturated rings. The molecule has 7 nitrogen and oxygen atoms in total. The first-order valence-electron chi connectivity index (χ1n) is 10.9. The molecule has 33 heavy (non-hydrogen) atoms. The molecule has 178 valence electrons. The number of hydrogen-bond donors (Lipinski definition) is 2. The average molecular weight is 481 g/mol. The first kappa shape index (κ1) is 23.5. The highest BCUT2D eigenvalue weighted by molar-refractivity contribution is 7.71. The van der Waals surface area contributed by atoms with Gasteiger partial charge in [0.1, 0.15) is 11.5 Å². The van der Waals surface area contributed by atoms with Gasteiger partial charge in [-0.3, -0.25) is 9.67 Å². The number of aromatic amines is 1. The Kier molecular flexibility index (Phi) is 6.62. The van der Waals surface area contributed by atoms with Gasteiger partial charge in [-0.05, 0) is 35.7 Å². The van der Waals surface area contributed by atoms with Crippen molar-refractivity contribution < 1.29 is 17.9 Å². The molecule has 1 aliphatic heterocycles. The number of ether oxygens (including phenoxy) is 1. The van der Waals surface area contributed by atoms with E-state index in [1.165, 1.54) is 0 Å². The number of H-pyrrole nitrogens is 1. The van der Waals surface area contributed by atoms with Gasteiger partial charge in [0.05, 0.1) is 6.04 Å². The minimum atomic E-state index is -4.44. The van der Waals surface area contributed by atoms with E-state index >= 15 is 0 Å². The Bertz CT molecular complexity index is 1150. The van der Waals surface area contributed by atoms with Crippen molar-refractivity contribution in [2.24, 2.45) is 0 Å². The molecule has 0 saturated heterocycles. The Hall–Kier alpha value is -2.66. The normalized spacial score (nSPS) is 18.4. The van der Waals surface area contributed by atoms with Gasteiger partial charge < -0.3 is 10.1 Å². The topological polar surface area (TPSA) is 72.7 Å². The van der Waals surface area contributed by atoms with E-state index < -0.39 is 18.3 Å². The third-order valence-corrected chi connectivity index (χ3v) is 6.22. The number of fused-ring (bicyclic) bond motifs is 1. The van der Waals surface area contributed by atoms with Gasteiger partial charge in [0.15, 0.2) is 16.6 Å². The SMILES string of the molecule is COCCCn1c(-c2cc3n(n2)C(C(F)(F)F)CC(c2ccc(C(C)C)cc2)N3)n[nH]c1=S. The maximum atomic E-state index is 14.0. The van der Waals surface area contributed by atoms with Gasteiger partial charge in [-0.1, -0.05) is 38.1 Å². The van der Waals surface area contributed by atoms with Crippen molar-refractivity contribution >= 4 is 18.0 Å². The van der Waals surface area contributed by atoms with Crippen LogP contribution in [0.5, 0.6) is 0 Å². The summed E-state index contributed by atoms with van der Waals surface area (Å²) in [6, 6.07) is 7.10. The molecule has 0 saturated carbocycles. The van der Waals surface area contributed by atoms with E-state index in [4.69, 9.17) is 17.0 Å². The maximum Gasteiger partial charge on any atom is 0.410 e. The summed E-state index contributed by atoms with van der Waals surface area (Å²) in [5.41, 5.74) is 2.28. The van der Waals surface area contributed by atoms with Crippen LogP contribution in [0.4, 0.5) is 19.0 Å². The molecule has 0 aliphatic carbocycles. The molecule has 0 bridgehead atoms. The summed E-state index contributed by atoms with van der Waals surface area (Å²) in [6.45, 7) is 5.21. The van der Waals surface area contributed by atoms with Gasteiger partial charge in [0.2, 0.25) is 0 Å². The molecular formula is C22H27F3N6OS. The number of anilines is 1. The third-order valence-electron chi connectivity index (χ3n) is 5.91. The largest absolute Gasteiger partial charge is 0.410 e. The van der Waals surface area contributed by atoms with Crippen molar-refractivity contribution in [3.05, 3.63) is 46.2 Å². The van der Waals surface area contributed by atoms with E-state index in [0.717, 1.165) is 15.8 Å². The van der Waals surface area contributed by atoms with E-state index in [9.17, 15) is 13.2 Å². The molecule has 0 radical (unpaired) electrons. The van der Waals surface area contributed by atoms with Gasteiger partial charge in [0.25, 0.3) is 0 Å². The first-order valence-corrected chi connectivity index (χ1v) is 11.3. The highest BCUT2D eigenvalue weighted by atomic mass is 32.1. The molecule has 2 atom stereocenters. The van der Waals surface area contributed by atoms with Crippen LogP contribution in [-0.2, 0) is 11.3 Å². The van der Waals surface area contributed by atoms with Crippen LogP contribution in [-0.4, -0.2) is 44.4 Å². The fourth-order valence-electron chi connectivity index (χ4n) is 4.10. The van der Waals surface area contributed by atoms with E-state index in [2.05, 4.69) is 34.5 Å². The van der Waals surface area contributed by atoms with Gasteiger partial charge in [-0.2, -0.15) is 23.4 Å². The number of nitrogens with zero attached hydrogens (tertiary/aromatic N) is 4. The summed E-state index contributed by atoms with van der Waals surface area (Å²) in [5, 5.41) is 14.5. The molecule has 3 heterocycles. The van der Waals surface area contributed by atoms with E-state index in [1.807, 2.05) is 24.3 Å². The van der Waals surface area contributed by atoms with Crippen molar-refractivity contribution in [1.82, 2.24) is 24.5 Å². The number of benzene rings is 1. The lowest BCUT2D eigenvalue weighted by Gasteiger charge is -2.33. The zero-order valence-electron chi connectivity index (χ0n) is 18.7. The smallest absolute Gasteiger partial charge is 0.385 e. The van der Waals surface area contributed by atoms with E-state index in [-0.39, 0.29) is 6.42 Å². The van der Waals surface area contributed by atoms with Gasteiger partial charge >= 0.3 is 6.18 Å². The van der Waals surface area contributed by atoms with Crippen LogP contribution in [0.15, 0.2) is 30.3 Å². The molecule has 2 N–H and O–H groups in total. The lowest BCUT2D eigenvalue weighted by molar-refractivity contribution is -0.173. The van der Waals surface area contributed by atoms with Crippen molar-refractivity contribution in [3.63, 3.8) is 0 Å². The second kappa shape index (κ2) is 9.30. The summed E-state index contributed by atoms with van der Waals surface area (Å²) in [4.78, 5) is 0. The van der Waals surface area contributed by atoms with Crippen LogP contribution < -0.4 is 5.32 Å². The number of alkyl halides is 3. The fraction of sp³-hybridized carbons (Fsp3) is 0.500. The summed E-state index contributed by atoms with van der Waals surface area (Å²) in [6.07, 6.45) is -3.92. The molecule has 2 unspecified atom stereocenters. The maximum absolute atomic E-state index is 14.0. The van der Waals surface area contributed by atoms with Crippen molar-refractivity contribution in [2.75, 3.05) is 19.0 Å². The number of hydrogen-bond acceptors (Lipinski definition) is 5. The number of rotatable bonds is 7. The lowest BCUT2D eigenvalue weighted by atomic mass is 9.94. The molecule has 2 aromatic heterocycles. The first-order chi connectivity index (χ1) is 15.7. The molecule has 11 heteroatoms. The van der Waals surface area contributed by atoms with Gasteiger partial charge in [-0.25, -0.2) is 4.68 Å². The Morgan fingerprint density at radius 1 is 1.24 bits per heavy atom. The third kappa shape index (κ3) is 4.84. The Balaban J connectivity index is 1.68. The minimum Gasteiger partial charge on any atom is -0.385 e. The van der Waals surface area contributed by atoms with Crippen molar-refractivity contribution in [1.29, 1.82) is 0 Å². The highest BCUT2D eigenvalue weighted by Crippen LogP contribution is 2.44. The molecule has 1 aromatic carbocycles. The highest BCUT2D eigenvalue weighted by Gasteiger charge is 2.46. The van der Waals surface area contributed by atoms with Crippen LogP contribution in [0.25, 0.3) is 11.5 Å². The summed E-state index contributed by atoms with van der Waals surface area (Å²) < 4.78 is 50.3. The lowest BCUT2D eigenvalue weighted by Crippen LogP contribution is -2.35. The predicted octanol–water partition coefficient (Wildman–Crippen LogP) is 5.62. The molecule has 3 aromatic rings. The molecule has 0 amide bonds. The number of nitrogens with one attached hydrogen (secondary N) is 2. The van der Waals surface area contributed by atoms with Crippen LogP contribution in [0.1, 0.15) is 55.8 Å². The van der Waals surface area contributed by atoms with Crippen molar-refractivity contribution in [2.45, 2.75) is 57.4 Å². The van der Waals surface area contributed by atoms with Gasteiger partial charge in [0, 0.05) is 32.7 Å². The second-order valence-corrected chi connectivity index (χ2v) is 8.91. The molecular weight excluding hydrogens is 453 g/mol. The fourth-order valence-corrected chi connectivity index (χ4v) is 4.33. The average Bonchev–Trinajstić information content (AvgIpc) is 3.36. The summed E-state index contributed by atoms with van der Waals surface area (Å²) >= 11 is 5.30. The summed E-state index contributed by atoms with van der Waals surface area (Å²) in [7, 11) is 1.61. The van der Waals surface area contributed by atoms with Crippen molar-refractivity contribution in [3.8, 4) is 11.5 Å². The Morgan fingerprint density at radius 3 is 2.61 bits per heavy atom. The zero-order chi connectivity index (χ0) is 23.8. The van der Waals surface area contributed by atoms with Gasteiger partial charge in [-0.15, -0.1) is 0 Å². The number of aromatic nitrogens is 5. The van der Waals surface area contributed by atoms with Crippen LogP contribution in [0.2, 0.25) is 0 Å². The van der Waals surface area contributed by atoms with E-state index in [1.54, 1.807) is 17.7 Å². The standard InChI is InChI=1S/C22H27F3N6OS/c1-13(2)14-5-7-15(8-6-14)16-11-18(22(23,24)25)31-19(26-16)12-17(29-31)20-27-28-21(33)30(20)9-4-10-32-3/h5-8,12-13,16,18,26H,4,9-11H2,1-3H3,(H,28,33). The second-order valence-electron chi connectivity index (χ2n) is 8.52. The molecule has 4 rings (SSSR count). The Morgan fingerprint density at radius 2 is 1.97 bits per heavy atom. The number of methoxy groups -OCH3 is 1. The van der Waals surface area contributed by atoms with Crippen LogP contribution >= 0.6 is 12.2 Å². The molecule has 0 spiro atoms. The minimum absolute atomic E-state index is 0.153. The van der Waals surface area contributed by atoms with Crippen LogP contribution in [0, 0.1) is 4.77 Å².